The molecule has 0 amide bonds. The fourth-order valence-electron chi connectivity index (χ4n) is 2.23. The van der Waals surface area contributed by atoms with E-state index in [-0.39, 0.29) is 0 Å². The van der Waals surface area contributed by atoms with E-state index in [9.17, 15) is 9.50 Å². The van der Waals surface area contributed by atoms with Gasteiger partial charge in [-0.2, -0.15) is 5.10 Å². The van der Waals surface area contributed by atoms with Gasteiger partial charge in [0.2, 0.25) is 0 Å². The lowest BCUT2D eigenvalue weighted by Crippen LogP contribution is -2.09. The molecule has 0 aliphatic heterocycles. The van der Waals surface area contributed by atoms with Crippen LogP contribution in [0.5, 0.6) is 0 Å². The van der Waals surface area contributed by atoms with Crippen molar-refractivity contribution in [1.82, 2.24) is 9.78 Å². The Labute approximate surface area is 112 Å². The van der Waals surface area contributed by atoms with E-state index in [1.807, 2.05) is 19.9 Å². The Morgan fingerprint density at radius 1 is 1.32 bits per heavy atom. The van der Waals surface area contributed by atoms with Crippen LogP contribution in [0.25, 0.3) is 5.69 Å². The molecule has 0 saturated heterocycles. The van der Waals surface area contributed by atoms with Crippen LogP contribution in [0.1, 0.15) is 43.8 Å². The zero-order chi connectivity index (χ0) is 14.0. The SMILES string of the molecule is CCc1cc(CC)n(-c2cccc(F)c2[C@@H](C)O)n1. The molecule has 2 aromatic rings. The Morgan fingerprint density at radius 3 is 2.63 bits per heavy atom. The molecule has 0 radical (unpaired) electrons. The summed E-state index contributed by atoms with van der Waals surface area (Å²) >= 11 is 0. The second kappa shape index (κ2) is 5.53. The fourth-order valence-corrected chi connectivity index (χ4v) is 2.23. The van der Waals surface area contributed by atoms with Gasteiger partial charge < -0.3 is 5.11 Å². The van der Waals surface area contributed by atoms with Crippen LogP contribution in [0.3, 0.4) is 0 Å². The maximum Gasteiger partial charge on any atom is 0.131 e. The van der Waals surface area contributed by atoms with Gasteiger partial charge in [-0.25, -0.2) is 9.07 Å². The van der Waals surface area contributed by atoms with Crippen LogP contribution in [-0.4, -0.2) is 14.9 Å². The first-order valence-electron chi connectivity index (χ1n) is 6.63. The van der Waals surface area contributed by atoms with Gasteiger partial charge in [0.1, 0.15) is 5.82 Å². The molecule has 0 bridgehead atoms. The largest absolute Gasteiger partial charge is 0.389 e. The molecule has 0 unspecified atom stereocenters. The predicted molar refractivity (Wildman–Crippen MR) is 72.9 cm³/mol. The van der Waals surface area contributed by atoms with Crippen LogP contribution in [0.4, 0.5) is 4.39 Å². The number of halogens is 1. The Morgan fingerprint density at radius 2 is 2.05 bits per heavy atom. The smallest absolute Gasteiger partial charge is 0.131 e. The van der Waals surface area contributed by atoms with Gasteiger partial charge in [-0.15, -0.1) is 0 Å². The number of aryl methyl sites for hydroxylation is 2. The van der Waals surface area contributed by atoms with Crippen molar-refractivity contribution in [1.29, 1.82) is 0 Å². The van der Waals surface area contributed by atoms with Gasteiger partial charge in [0.15, 0.2) is 0 Å². The van der Waals surface area contributed by atoms with E-state index >= 15 is 0 Å². The lowest BCUT2D eigenvalue weighted by Gasteiger charge is -2.14. The molecule has 0 spiro atoms. The van der Waals surface area contributed by atoms with E-state index in [1.165, 1.54) is 6.07 Å². The van der Waals surface area contributed by atoms with Gasteiger partial charge in [0.25, 0.3) is 0 Å². The maximum atomic E-state index is 13.9. The summed E-state index contributed by atoms with van der Waals surface area (Å²) in [7, 11) is 0. The molecule has 0 fully saturated rings. The molecule has 3 nitrogen and oxygen atoms in total. The highest BCUT2D eigenvalue weighted by atomic mass is 19.1. The van der Waals surface area contributed by atoms with E-state index in [0.29, 0.717) is 11.3 Å². The molecular weight excluding hydrogens is 243 g/mol. The molecule has 19 heavy (non-hydrogen) atoms. The number of rotatable bonds is 4. The van der Waals surface area contributed by atoms with Gasteiger partial charge in [0.05, 0.1) is 17.5 Å². The zero-order valence-electron chi connectivity index (χ0n) is 11.5. The second-order valence-corrected chi connectivity index (χ2v) is 4.59. The first-order valence-corrected chi connectivity index (χ1v) is 6.63. The Bertz CT molecular complexity index is 576. The standard InChI is InChI=1S/C15H19FN2O/c1-4-11-9-12(5-2)18(17-11)14-8-6-7-13(16)15(14)10(3)19/h6-10,19H,4-5H2,1-3H3/t10-/m1/s1. The van der Waals surface area contributed by atoms with Crippen molar-refractivity contribution in [2.75, 3.05) is 0 Å². The summed E-state index contributed by atoms with van der Waals surface area (Å²) in [6.45, 7) is 5.64. The predicted octanol–water partition coefficient (Wildman–Crippen LogP) is 3.19. The van der Waals surface area contributed by atoms with Crippen LogP contribution in [0, 0.1) is 5.82 Å². The molecule has 1 heterocycles. The van der Waals surface area contributed by atoms with Gasteiger partial charge in [0, 0.05) is 11.3 Å². The minimum absolute atomic E-state index is 0.294. The van der Waals surface area contributed by atoms with E-state index in [1.54, 1.807) is 23.7 Å². The van der Waals surface area contributed by atoms with Crippen LogP contribution < -0.4 is 0 Å². The first kappa shape index (κ1) is 13.7. The first-order chi connectivity index (χ1) is 9.08. The summed E-state index contributed by atoms with van der Waals surface area (Å²) < 4.78 is 15.6. The third-order valence-electron chi connectivity index (χ3n) is 3.23. The summed E-state index contributed by atoms with van der Waals surface area (Å²) in [6.07, 6.45) is 0.775. The van der Waals surface area contributed by atoms with E-state index in [0.717, 1.165) is 24.2 Å². The van der Waals surface area contributed by atoms with E-state index < -0.39 is 11.9 Å². The number of benzene rings is 1. The summed E-state index contributed by atoms with van der Waals surface area (Å²) in [5.74, 6) is -0.400. The molecular formula is C15H19FN2O. The highest BCUT2D eigenvalue weighted by Gasteiger charge is 2.17. The van der Waals surface area contributed by atoms with E-state index in [2.05, 4.69) is 5.10 Å². The molecule has 0 aliphatic rings. The Balaban J connectivity index is 2.64. The molecule has 1 aromatic carbocycles. The quantitative estimate of drug-likeness (QED) is 0.919. The van der Waals surface area contributed by atoms with Gasteiger partial charge >= 0.3 is 0 Å². The normalized spacial score (nSPS) is 12.7. The minimum Gasteiger partial charge on any atom is -0.389 e. The molecule has 1 N–H and O–H groups in total. The molecule has 0 saturated carbocycles. The lowest BCUT2D eigenvalue weighted by atomic mass is 10.1. The number of aliphatic hydroxyl groups excluding tert-OH is 1. The van der Waals surface area contributed by atoms with Gasteiger partial charge in [-0.05, 0) is 38.0 Å². The third kappa shape index (κ3) is 2.54. The summed E-state index contributed by atoms with van der Waals surface area (Å²) in [6, 6.07) is 6.82. The van der Waals surface area contributed by atoms with Crippen molar-refractivity contribution in [3.8, 4) is 5.69 Å². The topological polar surface area (TPSA) is 38.0 Å². The summed E-state index contributed by atoms with van der Waals surface area (Å²) in [4.78, 5) is 0. The van der Waals surface area contributed by atoms with Crippen molar-refractivity contribution < 1.29 is 9.50 Å². The van der Waals surface area contributed by atoms with Crippen molar-refractivity contribution >= 4 is 0 Å². The number of hydrogen-bond donors (Lipinski definition) is 1. The van der Waals surface area contributed by atoms with Crippen molar-refractivity contribution in [3.63, 3.8) is 0 Å². The van der Waals surface area contributed by atoms with Crippen LogP contribution in [0.15, 0.2) is 24.3 Å². The van der Waals surface area contributed by atoms with Gasteiger partial charge in [-0.3, -0.25) is 0 Å². The Kier molecular flexibility index (Phi) is 4.00. The van der Waals surface area contributed by atoms with Crippen LogP contribution in [-0.2, 0) is 12.8 Å². The molecule has 1 aromatic heterocycles. The Hall–Kier alpha value is -1.68. The van der Waals surface area contributed by atoms with Crippen molar-refractivity contribution in [2.24, 2.45) is 0 Å². The molecule has 0 aliphatic carbocycles. The maximum absolute atomic E-state index is 13.9. The monoisotopic (exact) mass is 262 g/mol. The number of hydrogen-bond acceptors (Lipinski definition) is 2. The van der Waals surface area contributed by atoms with Gasteiger partial charge in [-0.1, -0.05) is 19.9 Å². The zero-order valence-corrected chi connectivity index (χ0v) is 11.5. The number of nitrogens with zero attached hydrogens (tertiary/aromatic N) is 2. The van der Waals surface area contributed by atoms with Crippen LogP contribution in [0.2, 0.25) is 0 Å². The highest BCUT2D eigenvalue weighted by molar-refractivity contribution is 5.44. The average molecular weight is 262 g/mol. The van der Waals surface area contributed by atoms with E-state index in [4.69, 9.17) is 0 Å². The fraction of sp³-hybridized carbons (Fsp3) is 0.400. The van der Waals surface area contributed by atoms with Crippen LogP contribution >= 0.6 is 0 Å². The molecule has 102 valence electrons. The number of aliphatic hydroxyl groups is 1. The van der Waals surface area contributed by atoms with Crippen molar-refractivity contribution in [3.05, 3.63) is 47.0 Å². The summed E-state index contributed by atoms with van der Waals surface area (Å²) in [5.41, 5.74) is 2.90. The molecule has 1 atom stereocenters. The highest BCUT2D eigenvalue weighted by Crippen LogP contribution is 2.26. The van der Waals surface area contributed by atoms with Crippen molar-refractivity contribution in [2.45, 2.75) is 39.7 Å². The second-order valence-electron chi connectivity index (χ2n) is 4.59. The summed E-state index contributed by atoms with van der Waals surface area (Å²) in [5, 5.41) is 14.3. The average Bonchev–Trinajstić information content (AvgIpc) is 2.81. The molecule has 4 heteroatoms. The third-order valence-corrected chi connectivity index (χ3v) is 3.23. The minimum atomic E-state index is -0.866. The molecule has 2 rings (SSSR count). The lowest BCUT2D eigenvalue weighted by molar-refractivity contribution is 0.193. The number of aromatic nitrogens is 2.